The first-order valence-electron chi connectivity index (χ1n) is 11.1. The van der Waals surface area contributed by atoms with Crippen LogP contribution in [0.3, 0.4) is 0 Å². The van der Waals surface area contributed by atoms with Crippen LogP contribution in [0.25, 0.3) is 0 Å². The first kappa shape index (κ1) is 22.8. The number of halogens is 1. The van der Waals surface area contributed by atoms with Crippen molar-refractivity contribution in [2.45, 2.75) is 19.5 Å². The lowest BCUT2D eigenvalue weighted by molar-refractivity contribution is -0.135. The smallest absolute Gasteiger partial charge is 0.376 e. The summed E-state index contributed by atoms with van der Waals surface area (Å²) in [4.78, 5) is 17.4. The van der Waals surface area contributed by atoms with E-state index in [4.69, 9.17) is 14.6 Å². The van der Waals surface area contributed by atoms with Crippen LogP contribution in [0.2, 0.25) is 0 Å². The average molecular weight is 501 g/mol. The summed E-state index contributed by atoms with van der Waals surface area (Å²) in [7, 11) is 0. The Morgan fingerprint density at radius 2 is 1.81 bits per heavy atom. The molecular weight excluding hydrogens is 472 g/mol. The van der Waals surface area contributed by atoms with Gasteiger partial charge in [0.1, 0.15) is 0 Å². The van der Waals surface area contributed by atoms with Gasteiger partial charge in [-0.1, -0.05) is 42.5 Å². The highest BCUT2D eigenvalue weighted by Crippen LogP contribution is 2.39. The highest BCUT2D eigenvalue weighted by atomic mass is 79.9. The van der Waals surface area contributed by atoms with Crippen molar-refractivity contribution in [2.24, 2.45) is 5.10 Å². The fourth-order valence-corrected chi connectivity index (χ4v) is 4.57. The molecule has 2 aromatic carbocycles. The molecule has 0 amide bonds. The van der Waals surface area contributed by atoms with Gasteiger partial charge in [0.25, 0.3) is 0 Å². The van der Waals surface area contributed by atoms with E-state index in [-0.39, 0.29) is 6.17 Å². The van der Waals surface area contributed by atoms with Gasteiger partial charge in [-0.2, -0.15) is 0 Å². The van der Waals surface area contributed by atoms with Crippen LogP contribution in [0, 0.1) is 0 Å². The molecule has 4 rings (SSSR count). The Labute approximate surface area is 197 Å². The molecule has 1 atom stereocenters. The van der Waals surface area contributed by atoms with Crippen molar-refractivity contribution < 1.29 is 14.3 Å². The Balaban J connectivity index is 1.64. The van der Waals surface area contributed by atoms with Crippen LogP contribution in [0.15, 0.2) is 64.2 Å². The molecule has 0 aromatic heterocycles. The van der Waals surface area contributed by atoms with Gasteiger partial charge in [-0.25, -0.2) is 9.80 Å². The third-order valence-corrected chi connectivity index (χ3v) is 6.30. The third kappa shape index (κ3) is 5.14. The van der Waals surface area contributed by atoms with Crippen molar-refractivity contribution in [1.29, 1.82) is 0 Å². The summed E-state index contributed by atoms with van der Waals surface area (Å²) in [6.45, 7) is 7.22. The number of para-hydroxylation sites is 1. The second-order valence-electron chi connectivity index (χ2n) is 7.73. The summed E-state index contributed by atoms with van der Waals surface area (Å²) in [6, 6.07) is 18.1. The minimum atomic E-state index is -0.394. The van der Waals surface area contributed by atoms with Crippen LogP contribution in [-0.4, -0.2) is 67.6 Å². The summed E-state index contributed by atoms with van der Waals surface area (Å²) >= 11 is 3.65. The van der Waals surface area contributed by atoms with Gasteiger partial charge >= 0.3 is 5.97 Å². The number of morpholine rings is 1. The number of amidine groups is 1. The molecule has 2 heterocycles. The van der Waals surface area contributed by atoms with E-state index in [2.05, 4.69) is 37.9 Å². The van der Waals surface area contributed by atoms with E-state index in [0.29, 0.717) is 19.0 Å². The minimum absolute atomic E-state index is 0.237. The largest absolute Gasteiger partial charge is 0.460 e. The van der Waals surface area contributed by atoms with E-state index < -0.39 is 5.97 Å². The summed E-state index contributed by atoms with van der Waals surface area (Å²) in [6.07, 6.45) is 0.671. The predicted octanol–water partition coefficient (Wildman–Crippen LogP) is 3.87. The fourth-order valence-electron chi connectivity index (χ4n) is 4.10. The number of benzene rings is 2. The second-order valence-corrected chi connectivity index (χ2v) is 8.58. The standard InChI is InChI=1S/C24H29BrN4O3/c1-2-32-24(30)22-26-29(21-12-7-6-11-20(21)25)23(19-9-4-3-5-10-19)28(22)14-8-13-27-15-17-31-18-16-27/h3-7,9-12,23H,2,8,13-18H2,1H3. The Morgan fingerprint density at radius 3 is 2.53 bits per heavy atom. The van der Waals surface area contributed by atoms with Gasteiger partial charge in [-0.3, -0.25) is 4.90 Å². The molecular formula is C24H29BrN4O3. The average Bonchev–Trinajstić information content (AvgIpc) is 3.20. The molecule has 8 heteroatoms. The number of hydrogen-bond donors (Lipinski definition) is 0. The summed E-state index contributed by atoms with van der Waals surface area (Å²) in [5.41, 5.74) is 1.97. The fraction of sp³-hybridized carbons (Fsp3) is 0.417. The maximum Gasteiger partial charge on any atom is 0.376 e. The molecule has 2 aromatic rings. The first-order valence-corrected chi connectivity index (χ1v) is 11.9. The number of hydrogen-bond acceptors (Lipinski definition) is 7. The van der Waals surface area contributed by atoms with E-state index in [1.54, 1.807) is 0 Å². The molecule has 1 fully saturated rings. The van der Waals surface area contributed by atoms with E-state index >= 15 is 0 Å². The van der Waals surface area contributed by atoms with Crippen LogP contribution in [0.4, 0.5) is 5.69 Å². The molecule has 2 aliphatic heterocycles. The van der Waals surface area contributed by atoms with Crippen molar-refractivity contribution in [3.8, 4) is 0 Å². The number of hydrazone groups is 1. The van der Waals surface area contributed by atoms with Gasteiger partial charge in [0, 0.05) is 30.7 Å². The van der Waals surface area contributed by atoms with Crippen molar-refractivity contribution >= 4 is 33.4 Å². The van der Waals surface area contributed by atoms with Gasteiger partial charge in [-0.15, -0.1) is 5.10 Å². The number of carbonyl (C=O) groups excluding carboxylic acids is 1. The van der Waals surface area contributed by atoms with Crippen molar-refractivity contribution in [1.82, 2.24) is 9.80 Å². The molecule has 0 saturated carbocycles. The number of rotatable bonds is 8. The maximum absolute atomic E-state index is 12.9. The molecule has 0 bridgehead atoms. The SMILES string of the molecule is CCOC(=O)C1=NN(c2ccccc2Br)C(c2ccccc2)N1CCCN1CCOCC1. The molecule has 0 N–H and O–H groups in total. The molecule has 32 heavy (non-hydrogen) atoms. The molecule has 2 aliphatic rings. The number of carbonyl (C=O) groups is 1. The van der Waals surface area contributed by atoms with E-state index in [1.165, 1.54) is 0 Å². The molecule has 0 aliphatic carbocycles. The van der Waals surface area contributed by atoms with E-state index in [0.717, 1.165) is 55.0 Å². The molecule has 1 saturated heterocycles. The summed E-state index contributed by atoms with van der Waals surface area (Å²) in [5.74, 6) is -0.0483. The third-order valence-electron chi connectivity index (χ3n) is 5.63. The van der Waals surface area contributed by atoms with Gasteiger partial charge < -0.3 is 14.4 Å². The zero-order valence-corrected chi connectivity index (χ0v) is 19.9. The number of nitrogens with zero attached hydrogens (tertiary/aromatic N) is 4. The van der Waals surface area contributed by atoms with Gasteiger partial charge in [0.2, 0.25) is 5.84 Å². The maximum atomic E-state index is 12.9. The van der Waals surface area contributed by atoms with Gasteiger partial charge in [0.15, 0.2) is 6.17 Å². The van der Waals surface area contributed by atoms with Crippen molar-refractivity contribution in [3.05, 3.63) is 64.6 Å². The molecule has 0 radical (unpaired) electrons. The normalized spacial score (nSPS) is 19.2. The lowest BCUT2D eigenvalue weighted by Crippen LogP contribution is -2.42. The lowest BCUT2D eigenvalue weighted by atomic mass is 10.1. The van der Waals surface area contributed by atoms with Crippen LogP contribution in [0.5, 0.6) is 0 Å². The molecule has 7 nitrogen and oxygen atoms in total. The number of esters is 1. The van der Waals surface area contributed by atoms with Crippen LogP contribution in [-0.2, 0) is 14.3 Å². The number of anilines is 1. The summed E-state index contributed by atoms with van der Waals surface area (Å²) in [5, 5.41) is 6.70. The molecule has 170 valence electrons. The second kappa shape index (κ2) is 10.9. The summed E-state index contributed by atoms with van der Waals surface area (Å²) < 4.78 is 11.8. The Bertz CT molecular complexity index is 934. The minimum Gasteiger partial charge on any atom is -0.460 e. The monoisotopic (exact) mass is 500 g/mol. The highest BCUT2D eigenvalue weighted by molar-refractivity contribution is 9.10. The van der Waals surface area contributed by atoms with Crippen LogP contribution < -0.4 is 5.01 Å². The predicted molar refractivity (Wildman–Crippen MR) is 128 cm³/mol. The van der Waals surface area contributed by atoms with E-state index in [9.17, 15) is 4.79 Å². The Hall–Kier alpha value is -2.42. The first-order chi connectivity index (χ1) is 15.7. The van der Waals surface area contributed by atoms with Crippen LogP contribution in [0.1, 0.15) is 25.1 Å². The topological polar surface area (TPSA) is 57.6 Å². The quantitative estimate of drug-likeness (QED) is 0.512. The van der Waals surface area contributed by atoms with Crippen molar-refractivity contribution in [3.63, 3.8) is 0 Å². The lowest BCUT2D eigenvalue weighted by Gasteiger charge is -2.33. The zero-order chi connectivity index (χ0) is 22.3. The van der Waals surface area contributed by atoms with Crippen LogP contribution >= 0.6 is 15.9 Å². The molecule has 1 unspecified atom stereocenters. The Morgan fingerprint density at radius 1 is 1.09 bits per heavy atom. The van der Waals surface area contributed by atoms with E-state index in [1.807, 2.05) is 54.4 Å². The highest BCUT2D eigenvalue weighted by Gasteiger charge is 2.40. The number of ether oxygens (including phenoxy) is 2. The Kier molecular flexibility index (Phi) is 7.78. The molecule has 0 spiro atoms. The van der Waals surface area contributed by atoms with Crippen molar-refractivity contribution in [2.75, 3.05) is 51.0 Å². The van der Waals surface area contributed by atoms with Gasteiger partial charge in [0.05, 0.1) is 25.5 Å². The zero-order valence-electron chi connectivity index (χ0n) is 18.3. The van der Waals surface area contributed by atoms with Gasteiger partial charge in [-0.05, 0) is 47.0 Å².